The largest absolute Gasteiger partial charge is 0.493 e. The van der Waals surface area contributed by atoms with E-state index in [0.29, 0.717) is 13.2 Å². The summed E-state index contributed by atoms with van der Waals surface area (Å²) in [5.74, 6) is 2.23. The van der Waals surface area contributed by atoms with Gasteiger partial charge in [-0.3, -0.25) is 10.4 Å². The van der Waals surface area contributed by atoms with Gasteiger partial charge in [0.15, 0.2) is 11.5 Å². The minimum atomic E-state index is 0.545. The normalized spacial score (nSPS) is 15.4. The number of rotatable bonds is 8. The molecule has 1 aromatic heterocycles. The van der Waals surface area contributed by atoms with Gasteiger partial charge in [-0.2, -0.15) is 5.53 Å². The van der Waals surface area contributed by atoms with Crippen LogP contribution >= 0.6 is 11.3 Å². The molecule has 3 rings (SSSR count). The Morgan fingerprint density at radius 1 is 1.24 bits per heavy atom. The monoisotopic (exact) mass is 361 g/mol. The Morgan fingerprint density at radius 2 is 2.16 bits per heavy atom. The fraction of sp³-hybridized carbons (Fsp3) is 0.353. The van der Waals surface area contributed by atoms with Crippen LogP contribution in [0.15, 0.2) is 40.7 Å². The smallest absolute Gasteiger partial charge is 0.225 e. The lowest BCUT2D eigenvalue weighted by molar-refractivity contribution is 0.287. The number of ether oxygens (including phenoxy) is 2. The van der Waals surface area contributed by atoms with E-state index in [1.165, 1.54) is 4.88 Å². The topological polar surface area (TPSA) is 70.2 Å². The van der Waals surface area contributed by atoms with Crippen molar-refractivity contribution >= 4 is 17.3 Å². The van der Waals surface area contributed by atoms with Crippen molar-refractivity contribution in [3.8, 4) is 11.5 Å². The Labute approximate surface area is 151 Å². The van der Waals surface area contributed by atoms with Gasteiger partial charge in [0.05, 0.1) is 13.7 Å². The number of thiophene rings is 1. The number of guanidine groups is 1. The molecule has 1 saturated heterocycles. The zero-order valence-corrected chi connectivity index (χ0v) is 15.2. The number of nitrogens with one attached hydrogen (secondary N) is 3. The van der Waals surface area contributed by atoms with Crippen LogP contribution in [-0.4, -0.2) is 24.6 Å². The molecule has 3 N–H and O–H groups in total. The molecule has 25 heavy (non-hydrogen) atoms. The molecule has 2 heterocycles. The van der Waals surface area contributed by atoms with Crippen molar-refractivity contribution in [1.82, 2.24) is 21.5 Å². The second-order valence-electron chi connectivity index (χ2n) is 5.51. The lowest BCUT2D eigenvalue weighted by Gasteiger charge is -2.14. The van der Waals surface area contributed by atoms with Gasteiger partial charge in [-0.25, -0.2) is 4.99 Å². The summed E-state index contributed by atoms with van der Waals surface area (Å²) in [6.45, 7) is 4.09. The van der Waals surface area contributed by atoms with Gasteiger partial charge >= 0.3 is 0 Å². The van der Waals surface area contributed by atoms with Crippen LogP contribution in [0.2, 0.25) is 0 Å². The van der Waals surface area contributed by atoms with E-state index in [0.717, 1.165) is 36.0 Å². The molecular weight excluding hydrogens is 338 g/mol. The van der Waals surface area contributed by atoms with Crippen molar-refractivity contribution in [1.29, 1.82) is 0 Å². The number of hydrazine groups is 3. The van der Waals surface area contributed by atoms with Crippen LogP contribution in [0.5, 0.6) is 11.5 Å². The van der Waals surface area contributed by atoms with Crippen molar-refractivity contribution in [2.24, 2.45) is 4.99 Å². The van der Waals surface area contributed by atoms with Gasteiger partial charge in [-0.1, -0.05) is 19.1 Å². The van der Waals surface area contributed by atoms with Crippen LogP contribution in [-0.2, 0) is 13.2 Å². The first-order chi connectivity index (χ1) is 12.3. The predicted molar refractivity (Wildman–Crippen MR) is 99.2 cm³/mol. The molecule has 134 valence electrons. The molecule has 1 aliphatic heterocycles. The zero-order valence-electron chi connectivity index (χ0n) is 14.4. The van der Waals surface area contributed by atoms with Crippen molar-refractivity contribution in [2.45, 2.75) is 26.5 Å². The second-order valence-corrected chi connectivity index (χ2v) is 6.54. The highest BCUT2D eigenvalue weighted by Gasteiger charge is 2.15. The molecule has 0 aliphatic carbocycles. The molecule has 0 spiro atoms. The van der Waals surface area contributed by atoms with Crippen LogP contribution in [0, 0.1) is 0 Å². The molecule has 0 atom stereocenters. The number of hydrogen-bond acceptors (Lipinski definition) is 6. The van der Waals surface area contributed by atoms with Crippen molar-refractivity contribution in [2.75, 3.05) is 13.7 Å². The second kappa shape index (κ2) is 8.70. The van der Waals surface area contributed by atoms with Gasteiger partial charge in [0.2, 0.25) is 5.96 Å². The van der Waals surface area contributed by atoms with Crippen molar-refractivity contribution < 1.29 is 9.47 Å². The van der Waals surface area contributed by atoms with Crippen LogP contribution in [0.1, 0.15) is 23.8 Å². The maximum absolute atomic E-state index is 5.86. The highest BCUT2D eigenvalue weighted by atomic mass is 32.1. The van der Waals surface area contributed by atoms with Crippen molar-refractivity contribution in [3.05, 3.63) is 46.2 Å². The third-order valence-corrected chi connectivity index (χ3v) is 4.51. The SMILES string of the molecule is CCCN1NNNC1=NCc1ccc(OCc2cccs2)c(OC)c1. The summed E-state index contributed by atoms with van der Waals surface area (Å²) < 4.78 is 11.3. The minimum Gasteiger partial charge on any atom is -0.493 e. The molecule has 0 radical (unpaired) electrons. The van der Waals surface area contributed by atoms with Crippen LogP contribution < -0.4 is 26.0 Å². The Morgan fingerprint density at radius 3 is 2.92 bits per heavy atom. The van der Waals surface area contributed by atoms with E-state index >= 15 is 0 Å². The van der Waals surface area contributed by atoms with E-state index in [2.05, 4.69) is 34.5 Å². The van der Waals surface area contributed by atoms with E-state index < -0.39 is 0 Å². The molecule has 0 unspecified atom stereocenters. The van der Waals surface area contributed by atoms with Gasteiger partial charge in [-0.05, 0) is 35.6 Å². The molecular formula is C17H23N5O2S. The first-order valence-electron chi connectivity index (χ1n) is 8.21. The summed E-state index contributed by atoms with van der Waals surface area (Å²) in [6.07, 6.45) is 1.03. The molecule has 0 saturated carbocycles. The molecule has 1 aliphatic rings. The van der Waals surface area contributed by atoms with Gasteiger partial charge < -0.3 is 9.47 Å². The van der Waals surface area contributed by atoms with Gasteiger partial charge in [0, 0.05) is 11.4 Å². The quantitative estimate of drug-likeness (QED) is 0.671. The number of methoxy groups -OCH3 is 1. The van der Waals surface area contributed by atoms with E-state index in [1.807, 2.05) is 34.7 Å². The summed E-state index contributed by atoms with van der Waals surface area (Å²) in [7, 11) is 1.65. The molecule has 2 aromatic rings. The third kappa shape index (κ3) is 4.62. The summed E-state index contributed by atoms with van der Waals surface area (Å²) in [6, 6.07) is 9.99. The lowest BCUT2D eigenvalue weighted by Crippen LogP contribution is -2.38. The van der Waals surface area contributed by atoms with Crippen LogP contribution in [0.3, 0.4) is 0 Å². The minimum absolute atomic E-state index is 0.545. The number of aliphatic imine (C=N–C) groups is 1. The number of nitrogens with zero attached hydrogens (tertiary/aromatic N) is 2. The summed E-state index contributed by atoms with van der Waals surface area (Å²) >= 11 is 1.68. The van der Waals surface area contributed by atoms with Gasteiger partial charge in [0.1, 0.15) is 6.61 Å². The Balaban J connectivity index is 1.64. The summed E-state index contributed by atoms with van der Waals surface area (Å²) in [5.41, 5.74) is 9.91. The highest BCUT2D eigenvalue weighted by Crippen LogP contribution is 2.29. The van der Waals surface area contributed by atoms with E-state index in [-0.39, 0.29) is 0 Å². The summed E-state index contributed by atoms with van der Waals surface area (Å²) in [5, 5.41) is 3.98. The summed E-state index contributed by atoms with van der Waals surface area (Å²) in [4.78, 5) is 5.78. The van der Waals surface area contributed by atoms with Crippen molar-refractivity contribution in [3.63, 3.8) is 0 Å². The first-order valence-corrected chi connectivity index (χ1v) is 9.09. The maximum atomic E-state index is 5.86. The fourth-order valence-corrected chi connectivity index (χ4v) is 3.04. The van der Waals surface area contributed by atoms with Crippen LogP contribution in [0.4, 0.5) is 0 Å². The maximum Gasteiger partial charge on any atom is 0.225 e. The van der Waals surface area contributed by atoms with Gasteiger partial charge in [-0.15, -0.1) is 16.9 Å². The Kier molecular flexibility index (Phi) is 6.10. The van der Waals surface area contributed by atoms with E-state index in [1.54, 1.807) is 18.4 Å². The molecule has 8 heteroatoms. The average molecular weight is 361 g/mol. The first kappa shape index (κ1) is 17.5. The standard InChI is InChI=1S/C17H23N5O2S/c1-3-8-22-17(19-20-21-22)18-11-13-6-7-15(16(10-13)23-2)24-12-14-5-4-9-25-14/h4-7,9-10,20-21H,3,8,11-12H2,1-2H3,(H,18,19). The third-order valence-electron chi connectivity index (χ3n) is 3.66. The lowest BCUT2D eigenvalue weighted by atomic mass is 10.2. The predicted octanol–water partition coefficient (Wildman–Crippen LogP) is 2.43. The average Bonchev–Trinajstić information content (AvgIpc) is 3.30. The Hall–Kier alpha value is -2.29. The van der Waals surface area contributed by atoms with Crippen LogP contribution in [0.25, 0.3) is 0 Å². The van der Waals surface area contributed by atoms with E-state index in [9.17, 15) is 0 Å². The molecule has 0 amide bonds. The van der Waals surface area contributed by atoms with E-state index in [4.69, 9.17) is 9.47 Å². The zero-order chi connectivity index (χ0) is 17.5. The molecule has 1 fully saturated rings. The number of hydrogen-bond donors (Lipinski definition) is 3. The highest BCUT2D eigenvalue weighted by molar-refractivity contribution is 7.09. The fourth-order valence-electron chi connectivity index (χ4n) is 2.42. The molecule has 7 nitrogen and oxygen atoms in total. The molecule has 0 bridgehead atoms. The molecule has 1 aromatic carbocycles. The van der Waals surface area contributed by atoms with Gasteiger partial charge in [0.25, 0.3) is 0 Å². The number of benzene rings is 1. The Bertz CT molecular complexity index is 705.